The summed E-state index contributed by atoms with van der Waals surface area (Å²) in [6.45, 7) is 0.942. The first-order valence-electron chi connectivity index (χ1n) is 4.83. The van der Waals surface area contributed by atoms with Crippen molar-refractivity contribution in [1.29, 1.82) is 0 Å². The normalized spacial score (nSPS) is 9.53. The summed E-state index contributed by atoms with van der Waals surface area (Å²) in [5.41, 5.74) is 0.553. The molecule has 17 heavy (non-hydrogen) atoms. The fourth-order valence-electron chi connectivity index (χ4n) is 1.21. The molecule has 0 fully saturated rings. The quantitative estimate of drug-likeness (QED) is 0.804. The highest BCUT2D eigenvalue weighted by Gasteiger charge is 2.08. The van der Waals surface area contributed by atoms with Crippen LogP contribution in [0.1, 0.15) is 6.92 Å². The van der Waals surface area contributed by atoms with Crippen molar-refractivity contribution in [3.8, 4) is 11.5 Å². The standard InChI is InChI=1S/C11H13NO5/c1-7(13)12-8-3-4-9(10(5-8)16-2)17-6-11(14)15/h3-5H,6H2,1-2H3,(H,12,13)(H,14,15). The summed E-state index contributed by atoms with van der Waals surface area (Å²) in [5, 5.41) is 11.1. The molecule has 0 spiro atoms. The zero-order valence-electron chi connectivity index (χ0n) is 9.52. The molecule has 0 atom stereocenters. The maximum absolute atomic E-state index is 10.9. The molecule has 0 unspecified atom stereocenters. The van der Waals surface area contributed by atoms with E-state index in [1.54, 1.807) is 12.1 Å². The molecule has 0 aliphatic carbocycles. The lowest BCUT2D eigenvalue weighted by Crippen LogP contribution is -2.10. The lowest BCUT2D eigenvalue weighted by molar-refractivity contribution is -0.139. The van der Waals surface area contributed by atoms with Crippen molar-refractivity contribution in [2.24, 2.45) is 0 Å². The number of amides is 1. The Bertz CT molecular complexity index is 430. The molecule has 1 aromatic carbocycles. The van der Waals surface area contributed by atoms with Crippen LogP contribution < -0.4 is 14.8 Å². The molecule has 0 aromatic heterocycles. The van der Waals surface area contributed by atoms with Crippen LogP contribution in [0.25, 0.3) is 0 Å². The minimum atomic E-state index is -1.07. The second-order valence-electron chi connectivity index (χ2n) is 3.23. The van der Waals surface area contributed by atoms with E-state index in [-0.39, 0.29) is 5.91 Å². The highest BCUT2D eigenvalue weighted by molar-refractivity contribution is 5.89. The molecule has 6 heteroatoms. The summed E-state index contributed by atoms with van der Waals surface area (Å²) in [4.78, 5) is 21.2. The molecule has 1 rings (SSSR count). The number of hydrogen-bond donors (Lipinski definition) is 2. The van der Waals surface area contributed by atoms with Crippen LogP contribution in [0.3, 0.4) is 0 Å². The predicted molar refractivity (Wildman–Crippen MR) is 60.4 cm³/mol. The van der Waals surface area contributed by atoms with E-state index in [1.807, 2.05) is 0 Å². The van der Waals surface area contributed by atoms with E-state index in [0.29, 0.717) is 17.2 Å². The number of hydrogen-bond acceptors (Lipinski definition) is 4. The Hall–Kier alpha value is -2.24. The van der Waals surface area contributed by atoms with E-state index < -0.39 is 12.6 Å². The summed E-state index contributed by atoms with van der Waals surface area (Å²) >= 11 is 0. The molecule has 0 radical (unpaired) electrons. The van der Waals surface area contributed by atoms with Crippen molar-refractivity contribution < 1.29 is 24.2 Å². The lowest BCUT2D eigenvalue weighted by atomic mass is 10.2. The number of rotatable bonds is 5. The minimum absolute atomic E-state index is 0.203. The Morgan fingerprint density at radius 3 is 2.59 bits per heavy atom. The van der Waals surface area contributed by atoms with Crippen LogP contribution in [0.4, 0.5) is 5.69 Å². The first-order chi connectivity index (χ1) is 8.02. The monoisotopic (exact) mass is 239 g/mol. The smallest absolute Gasteiger partial charge is 0.341 e. The molecule has 92 valence electrons. The Morgan fingerprint density at radius 1 is 1.35 bits per heavy atom. The van der Waals surface area contributed by atoms with E-state index >= 15 is 0 Å². The van der Waals surface area contributed by atoms with Gasteiger partial charge in [0.2, 0.25) is 5.91 Å². The molecular formula is C11H13NO5. The number of carbonyl (C=O) groups is 2. The van der Waals surface area contributed by atoms with Gasteiger partial charge < -0.3 is 19.9 Å². The third-order valence-corrected chi connectivity index (χ3v) is 1.84. The molecule has 0 aliphatic rings. The fraction of sp³-hybridized carbons (Fsp3) is 0.273. The summed E-state index contributed by atoms with van der Waals surface area (Å²) in [5.74, 6) is -0.606. The van der Waals surface area contributed by atoms with Gasteiger partial charge in [-0.1, -0.05) is 0 Å². The number of ether oxygens (including phenoxy) is 2. The predicted octanol–water partition coefficient (Wildman–Crippen LogP) is 1.12. The molecule has 0 aliphatic heterocycles. The van der Waals surface area contributed by atoms with Gasteiger partial charge in [-0.25, -0.2) is 4.79 Å². The fourth-order valence-corrected chi connectivity index (χ4v) is 1.21. The Labute approximate surface area is 98.2 Å². The van der Waals surface area contributed by atoms with Crippen molar-refractivity contribution in [3.63, 3.8) is 0 Å². The summed E-state index contributed by atoms with van der Waals surface area (Å²) in [7, 11) is 1.43. The summed E-state index contributed by atoms with van der Waals surface area (Å²) in [6, 6.07) is 4.69. The van der Waals surface area contributed by atoms with Crippen molar-refractivity contribution in [2.75, 3.05) is 19.0 Å². The van der Waals surface area contributed by atoms with Crippen molar-refractivity contribution in [1.82, 2.24) is 0 Å². The number of nitrogens with one attached hydrogen (secondary N) is 1. The number of methoxy groups -OCH3 is 1. The third kappa shape index (κ3) is 4.02. The molecule has 6 nitrogen and oxygen atoms in total. The topological polar surface area (TPSA) is 84.9 Å². The molecular weight excluding hydrogens is 226 g/mol. The molecule has 0 bridgehead atoms. The van der Waals surface area contributed by atoms with Gasteiger partial charge in [0, 0.05) is 18.7 Å². The molecule has 1 amide bonds. The van der Waals surface area contributed by atoms with Gasteiger partial charge in [0.25, 0.3) is 0 Å². The van der Waals surface area contributed by atoms with Crippen molar-refractivity contribution in [2.45, 2.75) is 6.92 Å². The van der Waals surface area contributed by atoms with E-state index in [4.69, 9.17) is 14.6 Å². The highest BCUT2D eigenvalue weighted by atomic mass is 16.5. The molecule has 0 saturated heterocycles. The van der Waals surface area contributed by atoms with Crippen molar-refractivity contribution in [3.05, 3.63) is 18.2 Å². The first-order valence-corrected chi connectivity index (χ1v) is 4.83. The van der Waals surface area contributed by atoms with Crippen LogP contribution in [-0.2, 0) is 9.59 Å². The second-order valence-corrected chi connectivity index (χ2v) is 3.23. The van der Waals surface area contributed by atoms with Gasteiger partial charge in [0.15, 0.2) is 18.1 Å². The van der Waals surface area contributed by atoms with Crippen LogP contribution in [0, 0.1) is 0 Å². The number of aliphatic carboxylic acids is 1. The van der Waals surface area contributed by atoms with Crippen LogP contribution >= 0.6 is 0 Å². The maximum atomic E-state index is 10.9. The number of carbonyl (C=O) groups excluding carboxylic acids is 1. The largest absolute Gasteiger partial charge is 0.493 e. The van der Waals surface area contributed by atoms with Crippen molar-refractivity contribution >= 4 is 17.6 Å². The molecule has 2 N–H and O–H groups in total. The third-order valence-electron chi connectivity index (χ3n) is 1.84. The average molecular weight is 239 g/mol. The van der Waals surface area contributed by atoms with Gasteiger partial charge in [-0.3, -0.25) is 4.79 Å². The van der Waals surface area contributed by atoms with Crippen LogP contribution in [-0.4, -0.2) is 30.7 Å². The van der Waals surface area contributed by atoms with Crippen LogP contribution in [0.2, 0.25) is 0 Å². The lowest BCUT2D eigenvalue weighted by Gasteiger charge is -2.10. The van der Waals surface area contributed by atoms with Gasteiger partial charge in [0.1, 0.15) is 0 Å². The van der Waals surface area contributed by atoms with E-state index in [2.05, 4.69) is 5.32 Å². The average Bonchev–Trinajstić information content (AvgIpc) is 2.26. The van der Waals surface area contributed by atoms with E-state index in [9.17, 15) is 9.59 Å². The highest BCUT2D eigenvalue weighted by Crippen LogP contribution is 2.30. The Kier molecular flexibility index (Phi) is 4.33. The number of carboxylic acid groups (broad SMARTS) is 1. The van der Waals surface area contributed by atoms with Gasteiger partial charge in [-0.15, -0.1) is 0 Å². The second kappa shape index (κ2) is 5.74. The van der Waals surface area contributed by atoms with Gasteiger partial charge >= 0.3 is 5.97 Å². The first kappa shape index (κ1) is 12.8. The Morgan fingerprint density at radius 2 is 2.06 bits per heavy atom. The summed E-state index contributed by atoms with van der Waals surface area (Å²) in [6.07, 6.45) is 0. The maximum Gasteiger partial charge on any atom is 0.341 e. The Balaban J connectivity index is 2.85. The van der Waals surface area contributed by atoms with E-state index in [1.165, 1.54) is 20.1 Å². The zero-order valence-corrected chi connectivity index (χ0v) is 9.52. The summed E-state index contributed by atoms with van der Waals surface area (Å²) < 4.78 is 10.0. The number of benzene rings is 1. The number of carboxylic acids is 1. The zero-order chi connectivity index (χ0) is 12.8. The number of anilines is 1. The SMILES string of the molecule is COc1cc(NC(C)=O)ccc1OCC(=O)O. The van der Waals surface area contributed by atoms with E-state index in [0.717, 1.165) is 0 Å². The molecule has 0 saturated carbocycles. The molecule has 1 aromatic rings. The van der Waals surface area contributed by atoms with Crippen LogP contribution in [0.15, 0.2) is 18.2 Å². The van der Waals surface area contributed by atoms with Gasteiger partial charge in [-0.05, 0) is 12.1 Å². The molecule has 0 heterocycles. The van der Waals surface area contributed by atoms with Gasteiger partial charge in [-0.2, -0.15) is 0 Å². The van der Waals surface area contributed by atoms with Gasteiger partial charge in [0.05, 0.1) is 7.11 Å². The minimum Gasteiger partial charge on any atom is -0.493 e. The van der Waals surface area contributed by atoms with Crippen LogP contribution in [0.5, 0.6) is 11.5 Å².